The highest BCUT2D eigenvalue weighted by Gasteiger charge is 2.25. The van der Waals surface area contributed by atoms with Crippen molar-refractivity contribution in [1.29, 1.82) is 0 Å². The molecule has 3 rings (SSSR count). The maximum absolute atomic E-state index is 13.7. The molecule has 0 amide bonds. The number of benzene rings is 1. The van der Waals surface area contributed by atoms with Gasteiger partial charge in [0.15, 0.2) is 0 Å². The minimum atomic E-state index is -1.11. The van der Waals surface area contributed by atoms with Crippen molar-refractivity contribution in [3.63, 3.8) is 0 Å². The number of aromatic nitrogens is 1. The van der Waals surface area contributed by atoms with Gasteiger partial charge in [-0.25, -0.2) is 9.18 Å². The Labute approximate surface area is 96.2 Å². The molecule has 0 spiro atoms. The molecule has 5 heteroatoms. The molecule has 17 heavy (non-hydrogen) atoms. The van der Waals surface area contributed by atoms with Crippen molar-refractivity contribution in [3.8, 4) is 0 Å². The first kappa shape index (κ1) is 10.3. The number of rotatable bonds is 2. The zero-order valence-corrected chi connectivity index (χ0v) is 8.89. The molecule has 88 valence electrons. The van der Waals surface area contributed by atoms with E-state index < -0.39 is 11.8 Å². The summed E-state index contributed by atoms with van der Waals surface area (Å²) >= 11 is 0. The second kappa shape index (κ2) is 3.56. The van der Waals surface area contributed by atoms with E-state index in [-0.39, 0.29) is 17.0 Å². The highest BCUT2D eigenvalue weighted by molar-refractivity contribution is 6.03. The molecule has 0 radical (unpaired) electrons. The lowest BCUT2D eigenvalue weighted by Gasteiger charge is -2.28. The number of ether oxygens (including phenoxy) is 1. The smallest absolute Gasteiger partial charge is 0.337 e. The fourth-order valence-electron chi connectivity index (χ4n) is 2.12. The fraction of sp³-hybridized carbons (Fsp3) is 0.250. The van der Waals surface area contributed by atoms with Crippen LogP contribution < -0.4 is 0 Å². The third kappa shape index (κ3) is 1.43. The number of carboxylic acids is 1. The summed E-state index contributed by atoms with van der Waals surface area (Å²) in [5.74, 6) is -1.61. The SMILES string of the molecule is O=C(O)c1cn(C2COC2)c2cccc(F)c12. The van der Waals surface area contributed by atoms with E-state index in [0.29, 0.717) is 18.7 Å². The van der Waals surface area contributed by atoms with Crippen molar-refractivity contribution >= 4 is 16.9 Å². The van der Waals surface area contributed by atoms with Crippen LogP contribution in [0.5, 0.6) is 0 Å². The van der Waals surface area contributed by atoms with Gasteiger partial charge in [-0.2, -0.15) is 0 Å². The van der Waals surface area contributed by atoms with Gasteiger partial charge >= 0.3 is 5.97 Å². The first-order valence-electron chi connectivity index (χ1n) is 5.28. The molecular formula is C12H10FNO3. The van der Waals surface area contributed by atoms with Crippen molar-refractivity contribution in [2.24, 2.45) is 0 Å². The third-order valence-electron chi connectivity index (χ3n) is 3.05. The highest BCUT2D eigenvalue weighted by Crippen LogP contribution is 2.29. The molecule has 0 aliphatic carbocycles. The van der Waals surface area contributed by atoms with Crippen LogP contribution >= 0.6 is 0 Å². The van der Waals surface area contributed by atoms with Crippen LogP contribution in [0.25, 0.3) is 10.9 Å². The molecule has 1 fully saturated rings. The Kier molecular flexibility index (Phi) is 2.16. The maximum atomic E-state index is 13.7. The van der Waals surface area contributed by atoms with Gasteiger partial charge in [-0.05, 0) is 12.1 Å². The van der Waals surface area contributed by atoms with E-state index in [4.69, 9.17) is 9.84 Å². The van der Waals surface area contributed by atoms with Crippen LogP contribution in [0.2, 0.25) is 0 Å². The highest BCUT2D eigenvalue weighted by atomic mass is 19.1. The van der Waals surface area contributed by atoms with Crippen molar-refractivity contribution in [1.82, 2.24) is 4.57 Å². The van der Waals surface area contributed by atoms with Crippen LogP contribution in [0.4, 0.5) is 4.39 Å². The third-order valence-corrected chi connectivity index (χ3v) is 3.05. The summed E-state index contributed by atoms with van der Waals surface area (Å²) < 4.78 is 20.6. The Morgan fingerprint density at radius 3 is 2.82 bits per heavy atom. The van der Waals surface area contributed by atoms with Gasteiger partial charge in [0.25, 0.3) is 0 Å². The molecule has 2 aromatic rings. The molecule has 0 atom stereocenters. The summed E-state index contributed by atoms with van der Waals surface area (Å²) in [5, 5.41) is 9.25. The zero-order chi connectivity index (χ0) is 12.0. The molecular weight excluding hydrogens is 225 g/mol. The molecule has 0 unspecified atom stereocenters. The number of hydrogen-bond acceptors (Lipinski definition) is 2. The number of carboxylic acid groups (broad SMARTS) is 1. The van der Waals surface area contributed by atoms with Crippen LogP contribution in [0.3, 0.4) is 0 Å². The van der Waals surface area contributed by atoms with Gasteiger partial charge in [0.2, 0.25) is 0 Å². The van der Waals surface area contributed by atoms with E-state index in [2.05, 4.69) is 0 Å². The molecule has 1 N–H and O–H groups in total. The quantitative estimate of drug-likeness (QED) is 0.866. The van der Waals surface area contributed by atoms with Crippen molar-refractivity contribution in [2.45, 2.75) is 6.04 Å². The van der Waals surface area contributed by atoms with Crippen LogP contribution in [-0.2, 0) is 4.74 Å². The summed E-state index contributed by atoms with van der Waals surface area (Å²) in [6.07, 6.45) is 1.49. The first-order chi connectivity index (χ1) is 8.18. The van der Waals surface area contributed by atoms with Gasteiger partial charge in [-0.1, -0.05) is 6.07 Å². The summed E-state index contributed by atoms with van der Waals surface area (Å²) in [6.45, 7) is 1.08. The molecule has 1 saturated heterocycles. The van der Waals surface area contributed by atoms with E-state index in [9.17, 15) is 9.18 Å². The number of halogens is 1. The number of hydrogen-bond donors (Lipinski definition) is 1. The molecule has 0 saturated carbocycles. The Bertz CT molecular complexity index is 601. The molecule has 1 aliphatic rings. The van der Waals surface area contributed by atoms with Gasteiger partial charge in [0.05, 0.1) is 30.3 Å². The number of nitrogens with zero attached hydrogens (tertiary/aromatic N) is 1. The molecule has 1 aromatic heterocycles. The Balaban J connectivity index is 2.30. The minimum Gasteiger partial charge on any atom is -0.478 e. The Hall–Kier alpha value is -1.88. The second-order valence-electron chi connectivity index (χ2n) is 4.08. The molecule has 0 bridgehead atoms. The van der Waals surface area contributed by atoms with Crippen molar-refractivity contribution in [2.75, 3.05) is 13.2 Å². The number of aromatic carboxylic acids is 1. The lowest BCUT2D eigenvalue weighted by atomic mass is 10.1. The van der Waals surface area contributed by atoms with Gasteiger partial charge in [-0.15, -0.1) is 0 Å². The summed E-state index contributed by atoms with van der Waals surface area (Å²) in [7, 11) is 0. The normalized spacial score (nSPS) is 16.1. The van der Waals surface area contributed by atoms with Crippen molar-refractivity contribution in [3.05, 3.63) is 35.8 Å². The zero-order valence-electron chi connectivity index (χ0n) is 8.89. The molecule has 1 aliphatic heterocycles. The van der Waals surface area contributed by atoms with E-state index in [1.807, 2.05) is 0 Å². The average molecular weight is 235 g/mol. The van der Waals surface area contributed by atoms with Crippen LogP contribution in [0.1, 0.15) is 16.4 Å². The Morgan fingerprint density at radius 1 is 1.47 bits per heavy atom. The second-order valence-corrected chi connectivity index (χ2v) is 4.08. The monoisotopic (exact) mass is 235 g/mol. The standard InChI is InChI=1S/C12H10FNO3/c13-9-2-1-3-10-11(9)8(12(15)16)4-14(10)7-5-17-6-7/h1-4,7H,5-6H2,(H,15,16). The lowest BCUT2D eigenvalue weighted by molar-refractivity contribution is -0.0214. The van der Waals surface area contributed by atoms with Gasteiger partial charge in [-0.3, -0.25) is 0 Å². The summed E-state index contributed by atoms with van der Waals surface area (Å²) in [5.41, 5.74) is 0.612. The van der Waals surface area contributed by atoms with Crippen molar-refractivity contribution < 1.29 is 19.0 Å². The average Bonchev–Trinajstić information content (AvgIpc) is 2.57. The summed E-state index contributed by atoms with van der Waals surface area (Å²) in [4.78, 5) is 11.1. The summed E-state index contributed by atoms with van der Waals surface area (Å²) in [6, 6.07) is 4.69. The van der Waals surface area contributed by atoms with Gasteiger partial charge in [0, 0.05) is 11.6 Å². The van der Waals surface area contributed by atoms with Crippen LogP contribution in [0.15, 0.2) is 24.4 Å². The van der Waals surface area contributed by atoms with E-state index in [1.54, 1.807) is 16.7 Å². The maximum Gasteiger partial charge on any atom is 0.337 e. The first-order valence-corrected chi connectivity index (χ1v) is 5.28. The molecule has 1 aromatic carbocycles. The lowest BCUT2D eigenvalue weighted by Crippen LogP contribution is -2.30. The largest absolute Gasteiger partial charge is 0.478 e. The van der Waals surface area contributed by atoms with E-state index in [1.165, 1.54) is 12.3 Å². The predicted molar refractivity (Wildman–Crippen MR) is 58.7 cm³/mol. The fourth-order valence-corrected chi connectivity index (χ4v) is 2.12. The Morgan fingerprint density at radius 2 is 2.24 bits per heavy atom. The van der Waals surface area contributed by atoms with Crippen LogP contribution in [-0.4, -0.2) is 28.9 Å². The van der Waals surface area contributed by atoms with Gasteiger partial charge < -0.3 is 14.4 Å². The van der Waals surface area contributed by atoms with Gasteiger partial charge in [0.1, 0.15) is 5.82 Å². The number of fused-ring (bicyclic) bond motifs is 1. The minimum absolute atomic E-state index is 0.00463. The molecule has 4 nitrogen and oxygen atoms in total. The topological polar surface area (TPSA) is 51.5 Å². The van der Waals surface area contributed by atoms with E-state index in [0.717, 1.165) is 0 Å². The van der Waals surface area contributed by atoms with Crippen LogP contribution in [0, 0.1) is 5.82 Å². The number of carbonyl (C=O) groups is 1. The van der Waals surface area contributed by atoms with E-state index >= 15 is 0 Å². The predicted octanol–water partition coefficient (Wildman–Crippen LogP) is 2.05. The molecule has 2 heterocycles.